The van der Waals surface area contributed by atoms with Gasteiger partial charge in [0.1, 0.15) is 6.10 Å². The van der Waals surface area contributed by atoms with Gasteiger partial charge in [-0.15, -0.1) is 12.4 Å². The van der Waals surface area contributed by atoms with E-state index in [1.807, 2.05) is 0 Å². The lowest BCUT2D eigenvalue weighted by Crippen LogP contribution is -2.19. The van der Waals surface area contributed by atoms with Gasteiger partial charge in [-0.05, 0) is 19.0 Å². The molecule has 88 valence electrons. The molecule has 1 saturated heterocycles. The van der Waals surface area contributed by atoms with Crippen molar-refractivity contribution in [1.29, 1.82) is 0 Å². The van der Waals surface area contributed by atoms with Crippen molar-refractivity contribution in [1.82, 2.24) is 5.32 Å². The molecule has 1 atom stereocenters. The van der Waals surface area contributed by atoms with Gasteiger partial charge in [0.25, 0.3) is 0 Å². The van der Waals surface area contributed by atoms with E-state index in [2.05, 4.69) is 5.32 Å². The number of halogens is 1. The average molecular weight is 245 g/mol. The zero-order chi connectivity index (χ0) is 10.7. The first-order valence-electron chi connectivity index (χ1n) is 4.88. The van der Waals surface area contributed by atoms with Gasteiger partial charge in [-0.2, -0.15) is 0 Å². The van der Waals surface area contributed by atoms with Crippen LogP contribution in [0, 0.1) is 10.1 Å². The maximum Gasteiger partial charge on any atom is 0.310 e. The number of benzene rings is 1. The van der Waals surface area contributed by atoms with Crippen LogP contribution in [-0.4, -0.2) is 24.1 Å². The van der Waals surface area contributed by atoms with E-state index < -0.39 is 4.92 Å². The van der Waals surface area contributed by atoms with Crippen molar-refractivity contribution in [2.75, 3.05) is 13.1 Å². The maximum atomic E-state index is 10.7. The van der Waals surface area contributed by atoms with Gasteiger partial charge in [0, 0.05) is 12.6 Å². The van der Waals surface area contributed by atoms with Crippen molar-refractivity contribution in [3.05, 3.63) is 34.4 Å². The molecule has 1 aliphatic heterocycles. The number of hydrogen-bond donors (Lipinski definition) is 1. The second-order valence-corrected chi connectivity index (χ2v) is 3.46. The van der Waals surface area contributed by atoms with Gasteiger partial charge in [0.2, 0.25) is 0 Å². The summed E-state index contributed by atoms with van der Waals surface area (Å²) in [6, 6.07) is 6.47. The van der Waals surface area contributed by atoms with Crippen molar-refractivity contribution in [2.24, 2.45) is 0 Å². The Morgan fingerprint density at radius 3 is 2.81 bits per heavy atom. The van der Waals surface area contributed by atoms with E-state index in [1.165, 1.54) is 6.07 Å². The van der Waals surface area contributed by atoms with E-state index in [1.54, 1.807) is 18.2 Å². The fraction of sp³-hybridized carbons (Fsp3) is 0.400. The van der Waals surface area contributed by atoms with Gasteiger partial charge in [-0.25, -0.2) is 0 Å². The Kier molecular flexibility index (Phi) is 4.52. The molecule has 1 aromatic rings. The standard InChI is InChI=1S/C10H12N2O3.ClH/c13-12(14)9-3-1-2-4-10(9)15-8-5-6-11-7-8;/h1-4,8,11H,5-7H2;1H/t8-;/m1./s1. The maximum absolute atomic E-state index is 10.7. The molecule has 6 heteroatoms. The Balaban J connectivity index is 0.00000128. The molecular formula is C10H13ClN2O3. The molecule has 1 heterocycles. The Hall–Kier alpha value is -1.33. The lowest BCUT2D eigenvalue weighted by molar-refractivity contribution is -0.386. The van der Waals surface area contributed by atoms with Crippen LogP contribution in [0.4, 0.5) is 5.69 Å². The lowest BCUT2D eigenvalue weighted by atomic mass is 10.3. The van der Waals surface area contributed by atoms with Gasteiger partial charge in [0.05, 0.1) is 4.92 Å². The first kappa shape index (κ1) is 12.7. The van der Waals surface area contributed by atoms with Crippen molar-refractivity contribution >= 4 is 18.1 Å². The molecule has 0 aromatic heterocycles. The number of ether oxygens (including phenoxy) is 1. The summed E-state index contributed by atoms with van der Waals surface area (Å²) in [6.07, 6.45) is 0.942. The van der Waals surface area contributed by atoms with Crippen LogP contribution in [-0.2, 0) is 0 Å². The minimum atomic E-state index is -0.419. The summed E-state index contributed by atoms with van der Waals surface area (Å²) in [5.41, 5.74) is 0.0319. The van der Waals surface area contributed by atoms with Gasteiger partial charge in [0.15, 0.2) is 5.75 Å². The number of nitrogens with one attached hydrogen (secondary N) is 1. The molecule has 0 bridgehead atoms. The van der Waals surface area contributed by atoms with Crippen LogP contribution in [0.15, 0.2) is 24.3 Å². The highest BCUT2D eigenvalue weighted by Crippen LogP contribution is 2.27. The van der Waals surface area contributed by atoms with Crippen LogP contribution in [0.1, 0.15) is 6.42 Å². The van der Waals surface area contributed by atoms with E-state index >= 15 is 0 Å². The van der Waals surface area contributed by atoms with Crippen LogP contribution in [0.5, 0.6) is 5.75 Å². The van der Waals surface area contributed by atoms with E-state index in [0.717, 1.165) is 19.5 Å². The summed E-state index contributed by atoms with van der Waals surface area (Å²) in [4.78, 5) is 10.3. The van der Waals surface area contributed by atoms with E-state index in [9.17, 15) is 10.1 Å². The summed E-state index contributed by atoms with van der Waals surface area (Å²) in [7, 11) is 0. The van der Waals surface area contributed by atoms with Crippen molar-refractivity contribution in [2.45, 2.75) is 12.5 Å². The fourth-order valence-electron chi connectivity index (χ4n) is 1.62. The first-order valence-corrected chi connectivity index (χ1v) is 4.88. The molecule has 0 saturated carbocycles. The normalized spacial score (nSPS) is 18.9. The second kappa shape index (κ2) is 5.67. The molecule has 5 nitrogen and oxygen atoms in total. The van der Waals surface area contributed by atoms with Crippen LogP contribution in [0.25, 0.3) is 0 Å². The van der Waals surface area contributed by atoms with E-state index in [0.29, 0.717) is 5.75 Å². The van der Waals surface area contributed by atoms with Gasteiger partial charge in [-0.3, -0.25) is 10.1 Å². The van der Waals surface area contributed by atoms with E-state index in [4.69, 9.17) is 4.74 Å². The van der Waals surface area contributed by atoms with Gasteiger partial charge >= 0.3 is 5.69 Å². The Labute approximate surface area is 99.4 Å². The number of hydrogen-bond acceptors (Lipinski definition) is 4. The minimum Gasteiger partial charge on any atom is -0.482 e. The molecule has 1 aromatic carbocycles. The highest BCUT2D eigenvalue weighted by atomic mass is 35.5. The molecule has 1 fully saturated rings. The third kappa shape index (κ3) is 2.84. The summed E-state index contributed by atoms with van der Waals surface area (Å²) < 4.78 is 5.56. The van der Waals surface area contributed by atoms with Crippen LogP contribution in [0.3, 0.4) is 0 Å². The molecule has 1 N–H and O–H groups in total. The molecule has 0 unspecified atom stereocenters. The first-order chi connectivity index (χ1) is 7.27. The van der Waals surface area contributed by atoms with E-state index in [-0.39, 0.29) is 24.2 Å². The molecule has 0 aliphatic carbocycles. The largest absolute Gasteiger partial charge is 0.482 e. The number of nitro benzene ring substituents is 1. The predicted molar refractivity (Wildman–Crippen MR) is 62.2 cm³/mol. The number of para-hydroxylation sites is 2. The lowest BCUT2D eigenvalue weighted by Gasteiger charge is -2.11. The second-order valence-electron chi connectivity index (χ2n) is 3.46. The highest BCUT2D eigenvalue weighted by Gasteiger charge is 2.20. The van der Waals surface area contributed by atoms with Crippen molar-refractivity contribution in [3.63, 3.8) is 0 Å². The third-order valence-electron chi connectivity index (χ3n) is 2.37. The Morgan fingerprint density at radius 2 is 2.19 bits per heavy atom. The molecule has 16 heavy (non-hydrogen) atoms. The zero-order valence-corrected chi connectivity index (χ0v) is 9.40. The molecule has 0 radical (unpaired) electrons. The average Bonchev–Trinajstić information content (AvgIpc) is 2.71. The number of nitrogens with zero attached hydrogens (tertiary/aromatic N) is 1. The van der Waals surface area contributed by atoms with Crippen LogP contribution in [0.2, 0.25) is 0 Å². The summed E-state index contributed by atoms with van der Waals surface area (Å²) in [5.74, 6) is 0.358. The third-order valence-corrected chi connectivity index (χ3v) is 2.37. The van der Waals surface area contributed by atoms with Crippen molar-refractivity contribution in [3.8, 4) is 5.75 Å². The molecular weight excluding hydrogens is 232 g/mol. The minimum absolute atomic E-state index is 0. The Morgan fingerprint density at radius 1 is 1.44 bits per heavy atom. The van der Waals surface area contributed by atoms with Crippen LogP contribution < -0.4 is 10.1 Å². The zero-order valence-electron chi connectivity index (χ0n) is 8.59. The topological polar surface area (TPSA) is 64.4 Å². The molecule has 1 aliphatic rings. The van der Waals surface area contributed by atoms with Crippen LogP contribution >= 0.6 is 12.4 Å². The summed E-state index contributed by atoms with van der Waals surface area (Å²) in [6.45, 7) is 1.66. The Bertz CT molecular complexity index is 367. The fourth-order valence-corrected chi connectivity index (χ4v) is 1.62. The predicted octanol–water partition coefficient (Wildman–Crippen LogP) is 1.76. The SMILES string of the molecule is Cl.O=[N+]([O-])c1ccccc1O[C@@H]1CCNC1. The quantitative estimate of drug-likeness (QED) is 0.650. The highest BCUT2D eigenvalue weighted by molar-refractivity contribution is 5.85. The smallest absolute Gasteiger partial charge is 0.310 e. The molecule has 0 spiro atoms. The van der Waals surface area contributed by atoms with Gasteiger partial charge < -0.3 is 10.1 Å². The number of nitro groups is 1. The van der Waals surface area contributed by atoms with Gasteiger partial charge in [-0.1, -0.05) is 12.1 Å². The monoisotopic (exact) mass is 244 g/mol. The number of rotatable bonds is 3. The molecule has 0 amide bonds. The summed E-state index contributed by atoms with van der Waals surface area (Å²) >= 11 is 0. The van der Waals surface area contributed by atoms with Crippen molar-refractivity contribution < 1.29 is 9.66 Å². The summed E-state index contributed by atoms with van der Waals surface area (Å²) in [5, 5.41) is 13.9. The molecule has 2 rings (SSSR count).